The quantitative estimate of drug-likeness (QED) is 0.590. The SMILES string of the molecule is COc1ccccc1C1NC(SCC(=O)NC2CCCC2)C2C(=O)N(C)C(=O)N(C)C2N1. The van der Waals surface area contributed by atoms with Crippen LogP contribution in [0.5, 0.6) is 5.75 Å². The number of urea groups is 1. The number of amides is 4. The number of thioether (sulfide) groups is 1. The molecule has 4 amide bonds. The number of ether oxygens (including phenoxy) is 1. The van der Waals surface area contributed by atoms with Gasteiger partial charge in [-0.05, 0) is 18.9 Å². The summed E-state index contributed by atoms with van der Waals surface area (Å²) in [5.74, 6) is 0.133. The number of imide groups is 1. The Bertz CT molecular complexity index is 878. The Morgan fingerprint density at radius 1 is 1.19 bits per heavy atom. The number of fused-ring (bicyclic) bond motifs is 1. The smallest absolute Gasteiger partial charge is 0.327 e. The minimum absolute atomic E-state index is 0.0198. The summed E-state index contributed by atoms with van der Waals surface area (Å²) < 4.78 is 5.52. The number of methoxy groups -OCH3 is 1. The van der Waals surface area contributed by atoms with Gasteiger partial charge in [0, 0.05) is 25.7 Å². The second kappa shape index (κ2) is 9.68. The van der Waals surface area contributed by atoms with E-state index in [2.05, 4.69) is 16.0 Å². The molecule has 1 aromatic rings. The van der Waals surface area contributed by atoms with Crippen molar-refractivity contribution in [2.45, 2.75) is 49.4 Å². The molecule has 4 atom stereocenters. The summed E-state index contributed by atoms with van der Waals surface area (Å²) in [6.45, 7) is 0. The second-order valence-electron chi connectivity index (χ2n) is 8.55. The fourth-order valence-corrected chi connectivity index (χ4v) is 5.91. The highest BCUT2D eigenvalue weighted by molar-refractivity contribution is 8.00. The molecule has 4 rings (SSSR count). The van der Waals surface area contributed by atoms with Gasteiger partial charge in [-0.1, -0.05) is 31.0 Å². The molecule has 1 aromatic carbocycles. The van der Waals surface area contributed by atoms with Crippen LogP contribution in [0, 0.1) is 5.92 Å². The lowest BCUT2D eigenvalue weighted by Crippen LogP contribution is -2.72. The van der Waals surface area contributed by atoms with Crippen molar-refractivity contribution in [3.8, 4) is 5.75 Å². The molecule has 10 heteroatoms. The highest BCUT2D eigenvalue weighted by Crippen LogP contribution is 2.36. The molecule has 1 saturated carbocycles. The Morgan fingerprint density at radius 3 is 2.62 bits per heavy atom. The fourth-order valence-electron chi connectivity index (χ4n) is 4.79. The van der Waals surface area contributed by atoms with E-state index in [1.165, 1.54) is 18.8 Å². The normalized spacial score (nSPS) is 28.6. The van der Waals surface area contributed by atoms with Crippen molar-refractivity contribution in [1.29, 1.82) is 0 Å². The first-order valence-corrected chi connectivity index (χ1v) is 12.1. The zero-order chi connectivity index (χ0) is 22.8. The average molecular weight is 462 g/mol. The molecule has 9 nitrogen and oxygen atoms in total. The number of carbonyl (C=O) groups is 3. The van der Waals surface area contributed by atoms with Crippen LogP contribution in [0.3, 0.4) is 0 Å². The Kier molecular flexibility index (Phi) is 6.92. The summed E-state index contributed by atoms with van der Waals surface area (Å²) in [7, 11) is 4.80. The van der Waals surface area contributed by atoms with Crippen LogP contribution in [0.1, 0.15) is 37.4 Å². The molecular weight excluding hydrogens is 430 g/mol. The van der Waals surface area contributed by atoms with Gasteiger partial charge in [0.2, 0.25) is 11.8 Å². The van der Waals surface area contributed by atoms with Crippen LogP contribution in [0.4, 0.5) is 4.79 Å². The molecule has 2 aliphatic heterocycles. The molecule has 4 unspecified atom stereocenters. The minimum Gasteiger partial charge on any atom is -0.496 e. The van der Waals surface area contributed by atoms with Crippen molar-refractivity contribution in [2.24, 2.45) is 5.92 Å². The molecule has 2 heterocycles. The molecule has 0 spiro atoms. The van der Waals surface area contributed by atoms with E-state index >= 15 is 0 Å². The summed E-state index contributed by atoms with van der Waals surface area (Å²) in [4.78, 5) is 40.9. The van der Waals surface area contributed by atoms with Crippen LogP contribution >= 0.6 is 11.8 Å². The third kappa shape index (κ3) is 4.44. The highest BCUT2D eigenvalue weighted by Gasteiger charge is 2.51. The first-order chi connectivity index (χ1) is 15.4. The van der Waals surface area contributed by atoms with Gasteiger partial charge in [0.1, 0.15) is 5.75 Å². The Balaban J connectivity index is 1.55. The van der Waals surface area contributed by atoms with Crippen molar-refractivity contribution >= 4 is 29.6 Å². The van der Waals surface area contributed by atoms with Crippen LogP contribution < -0.4 is 20.7 Å². The summed E-state index contributed by atoms with van der Waals surface area (Å²) in [6, 6.07) is 7.52. The maximum Gasteiger partial charge on any atom is 0.327 e. The largest absolute Gasteiger partial charge is 0.496 e. The zero-order valence-electron chi connectivity index (χ0n) is 18.7. The fraction of sp³-hybridized carbons (Fsp3) is 0.591. The molecule has 2 saturated heterocycles. The molecule has 3 aliphatic rings. The molecule has 0 radical (unpaired) electrons. The molecular formula is C22H31N5O4S. The first-order valence-electron chi connectivity index (χ1n) is 11.0. The monoisotopic (exact) mass is 461 g/mol. The van der Waals surface area contributed by atoms with E-state index in [1.807, 2.05) is 24.3 Å². The van der Waals surface area contributed by atoms with Gasteiger partial charge in [0.25, 0.3) is 0 Å². The summed E-state index contributed by atoms with van der Waals surface area (Å²) in [6.07, 6.45) is 3.50. The van der Waals surface area contributed by atoms with Gasteiger partial charge in [0.15, 0.2) is 0 Å². The van der Waals surface area contributed by atoms with E-state index in [0.29, 0.717) is 5.75 Å². The number of nitrogens with zero attached hydrogens (tertiary/aromatic N) is 2. The maximum absolute atomic E-state index is 13.1. The number of hydrogen-bond acceptors (Lipinski definition) is 7. The van der Waals surface area contributed by atoms with E-state index in [4.69, 9.17) is 4.74 Å². The Morgan fingerprint density at radius 2 is 1.91 bits per heavy atom. The van der Waals surface area contributed by atoms with E-state index < -0.39 is 12.1 Å². The minimum atomic E-state index is -0.530. The Labute approximate surface area is 192 Å². The number of para-hydroxylation sites is 1. The standard InChI is InChI=1S/C22H31N5O4S/c1-26-19-17(21(29)27(2)22(26)30)20(32-12-16(28)23-13-8-4-5-9-13)25-18(24-19)14-10-6-7-11-15(14)31-3/h6-7,10-11,13,17-20,24-25H,4-5,8-9,12H2,1-3H3,(H,23,28). The average Bonchev–Trinajstić information content (AvgIpc) is 3.32. The molecule has 1 aliphatic carbocycles. The third-order valence-electron chi connectivity index (χ3n) is 6.52. The van der Waals surface area contributed by atoms with E-state index in [-0.39, 0.29) is 41.2 Å². The van der Waals surface area contributed by atoms with Gasteiger partial charge in [-0.3, -0.25) is 25.1 Å². The van der Waals surface area contributed by atoms with Crippen LogP contribution in [-0.4, -0.2) is 72.2 Å². The molecule has 0 aromatic heterocycles. The van der Waals surface area contributed by atoms with Crippen LogP contribution in [0.2, 0.25) is 0 Å². The van der Waals surface area contributed by atoms with Crippen LogP contribution in [0.25, 0.3) is 0 Å². The number of rotatable bonds is 6. The highest BCUT2D eigenvalue weighted by atomic mass is 32.2. The van der Waals surface area contributed by atoms with Gasteiger partial charge in [-0.2, -0.15) is 0 Å². The number of carbonyl (C=O) groups excluding carboxylic acids is 3. The van der Waals surface area contributed by atoms with Gasteiger partial charge >= 0.3 is 6.03 Å². The van der Waals surface area contributed by atoms with E-state index in [0.717, 1.165) is 36.1 Å². The molecule has 0 bridgehead atoms. The van der Waals surface area contributed by atoms with Crippen LogP contribution in [-0.2, 0) is 9.59 Å². The summed E-state index contributed by atoms with van der Waals surface area (Å²) >= 11 is 1.41. The zero-order valence-corrected chi connectivity index (χ0v) is 19.5. The lowest BCUT2D eigenvalue weighted by molar-refractivity contribution is -0.140. The number of benzene rings is 1. The van der Waals surface area contributed by atoms with Gasteiger partial charge in [0.05, 0.1) is 36.5 Å². The van der Waals surface area contributed by atoms with Gasteiger partial charge in [-0.25, -0.2) is 4.79 Å². The maximum atomic E-state index is 13.1. The topological polar surface area (TPSA) is 103 Å². The van der Waals surface area contributed by atoms with Crippen LogP contribution in [0.15, 0.2) is 24.3 Å². The predicted octanol–water partition coefficient (Wildman–Crippen LogP) is 1.47. The third-order valence-corrected chi connectivity index (χ3v) is 7.74. The molecule has 32 heavy (non-hydrogen) atoms. The van der Waals surface area contributed by atoms with Crippen molar-refractivity contribution in [2.75, 3.05) is 27.0 Å². The van der Waals surface area contributed by atoms with E-state index in [1.54, 1.807) is 19.1 Å². The molecule has 174 valence electrons. The van der Waals surface area contributed by atoms with Gasteiger partial charge < -0.3 is 15.0 Å². The van der Waals surface area contributed by atoms with Crippen molar-refractivity contribution in [1.82, 2.24) is 25.8 Å². The van der Waals surface area contributed by atoms with Gasteiger partial charge in [-0.15, -0.1) is 11.8 Å². The van der Waals surface area contributed by atoms with Crippen molar-refractivity contribution in [3.05, 3.63) is 29.8 Å². The molecule has 3 fully saturated rings. The van der Waals surface area contributed by atoms with E-state index in [9.17, 15) is 14.4 Å². The summed E-state index contributed by atoms with van der Waals surface area (Å²) in [5, 5.41) is 9.63. The number of nitrogens with one attached hydrogen (secondary N) is 3. The summed E-state index contributed by atoms with van der Waals surface area (Å²) in [5.41, 5.74) is 0.877. The molecule has 3 N–H and O–H groups in total. The van der Waals surface area contributed by atoms with Crippen molar-refractivity contribution < 1.29 is 19.1 Å². The predicted molar refractivity (Wildman–Crippen MR) is 122 cm³/mol. The first kappa shape index (κ1) is 22.9. The second-order valence-corrected chi connectivity index (χ2v) is 9.68. The lowest BCUT2D eigenvalue weighted by Gasteiger charge is -2.50. The van der Waals surface area contributed by atoms with Crippen molar-refractivity contribution in [3.63, 3.8) is 0 Å². The lowest BCUT2D eigenvalue weighted by atomic mass is 9.95. The Hall–Kier alpha value is -2.30. The number of hydrogen-bond donors (Lipinski definition) is 3.